The second-order valence-electron chi connectivity index (χ2n) is 6.81. The summed E-state index contributed by atoms with van der Waals surface area (Å²) in [6.07, 6.45) is 10.2. The lowest BCUT2D eigenvalue weighted by Gasteiger charge is -2.13. The summed E-state index contributed by atoms with van der Waals surface area (Å²) in [5.41, 5.74) is 0.883. The van der Waals surface area contributed by atoms with Crippen LogP contribution in [0.3, 0.4) is 0 Å². The number of rotatable bonds is 13. The van der Waals surface area contributed by atoms with Crippen LogP contribution in [0.2, 0.25) is 0 Å². The summed E-state index contributed by atoms with van der Waals surface area (Å²) in [4.78, 5) is 11.7. The van der Waals surface area contributed by atoms with Crippen molar-refractivity contribution in [3.63, 3.8) is 0 Å². The lowest BCUT2D eigenvalue weighted by molar-refractivity contribution is -0.138. The Bertz CT molecular complexity index is 392. The average molecular weight is 391 g/mol. The van der Waals surface area contributed by atoms with E-state index in [2.05, 4.69) is 50.9 Å². The molecule has 5 heteroatoms. The van der Waals surface area contributed by atoms with Crippen molar-refractivity contribution in [3.8, 4) is 0 Å². The minimum absolute atomic E-state index is 0.288. The first-order valence-corrected chi connectivity index (χ1v) is 10.7. The summed E-state index contributed by atoms with van der Waals surface area (Å²) in [7, 11) is 0. The number of esters is 1. The van der Waals surface area contributed by atoms with Crippen LogP contribution in [0, 0.1) is 17.8 Å². The molecule has 0 aromatic carbocycles. The molecule has 0 N–H and O–H groups in total. The highest BCUT2D eigenvalue weighted by molar-refractivity contribution is 7.80. The number of hydrogen-bond donors (Lipinski definition) is 3. The molecule has 0 fully saturated rings. The van der Waals surface area contributed by atoms with E-state index in [0.29, 0.717) is 30.1 Å². The Morgan fingerprint density at radius 2 is 1.79 bits per heavy atom. The van der Waals surface area contributed by atoms with Gasteiger partial charge in [0.05, 0.1) is 6.61 Å². The molecule has 2 atom stereocenters. The topological polar surface area (TPSA) is 26.3 Å². The van der Waals surface area contributed by atoms with Gasteiger partial charge in [-0.05, 0) is 54.1 Å². The van der Waals surface area contributed by atoms with Crippen LogP contribution in [0.25, 0.3) is 0 Å². The third kappa shape index (κ3) is 13.3. The number of ether oxygens (including phenoxy) is 1. The van der Waals surface area contributed by atoms with Gasteiger partial charge in [-0.2, -0.15) is 37.9 Å². The maximum atomic E-state index is 11.7. The largest absolute Gasteiger partial charge is 0.462 e. The molecule has 0 aliphatic carbocycles. The van der Waals surface area contributed by atoms with Crippen molar-refractivity contribution in [1.82, 2.24) is 0 Å². The van der Waals surface area contributed by atoms with E-state index in [1.54, 1.807) is 0 Å². The van der Waals surface area contributed by atoms with Gasteiger partial charge in [-0.25, -0.2) is 4.79 Å². The summed E-state index contributed by atoms with van der Waals surface area (Å²) in [6.45, 7) is 6.73. The molecule has 0 bridgehead atoms. The zero-order chi connectivity index (χ0) is 18.4. The number of thiol groups is 3. The van der Waals surface area contributed by atoms with Crippen molar-refractivity contribution in [1.29, 1.82) is 0 Å². The molecule has 0 aliphatic rings. The predicted molar refractivity (Wildman–Crippen MR) is 116 cm³/mol. The molecule has 0 radical (unpaired) electrons. The molecule has 0 aromatic rings. The van der Waals surface area contributed by atoms with E-state index in [9.17, 15) is 4.79 Å². The zero-order valence-electron chi connectivity index (χ0n) is 15.3. The second-order valence-corrected chi connectivity index (χ2v) is 7.85. The Hall–Kier alpha value is -0.000000000000000111. The van der Waals surface area contributed by atoms with Gasteiger partial charge < -0.3 is 4.74 Å². The molecule has 24 heavy (non-hydrogen) atoms. The first-order valence-electron chi connectivity index (χ1n) is 8.79. The van der Waals surface area contributed by atoms with E-state index < -0.39 is 0 Å². The van der Waals surface area contributed by atoms with Crippen molar-refractivity contribution < 1.29 is 9.53 Å². The first-order chi connectivity index (χ1) is 11.4. The second kappa shape index (κ2) is 15.3. The van der Waals surface area contributed by atoms with Gasteiger partial charge in [0.2, 0.25) is 0 Å². The van der Waals surface area contributed by atoms with Crippen LogP contribution >= 0.6 is 37.9 Å². The van der Waals surface area contributed by atoms with Crippen molar-refractivity contribution in [2.24, 2.45) is 17.8 Å². The van der Waals surface area contributed by atoms with Crippen molar-refractivity contribution in [3.05, 3.63) is 23.8 Å². The van der Waals surface area contributed by atoms with E-state index in [1.807, 2.05) is 19.9 Å². The highest BCUT2D eigenvalue weighted by Crippen LogP contribution is 2.18. The normalized spacial score (nSPS) is 15.0. The van der Waals surface area contributed by atoms with Crippen LogP contribution < -0.4 is 0 Å². The molecule has 2 unspecified atom stereocenters. The summed E-state index contributed by atoms with van der Waals surface area (Å²) in [5, 5.41) is 0. The van der Waals surface area contributed by atoms with E-state index >= 15 is 0 Å². The Balaban J connectivity index is 4.31. The highest BCUT2D eigenvalue weighted by Gasteiger charge is 2.07. The van der Waals surface area contributed by atoms with E-state index in [4.69, 9.17) is 4.74 Å². The van der Waals surface area contributed by atoms with Crippen molar-refractivity contribution in [2.45, 2.75) is 46.5 Å². The highest BCUT2D eigenvalue weighted by atomic mass is 32.1. The summed E-state index contributed by atoms with van der Waals surface area (Å²) in [6, 6.07) is 0. The third-order valence-electron chi connectivity index (χ3n) is 3.73. The first kappa shape index (κ1) is 24.0. The number of carbonyl (C=O) groups excluding carboxylic acids is 1. The summed E-state index contributed by atoms with van der Waals surface area (Å²) in [5.74, 6) is 3.68. The SMILES string of the molecule is CC(C)COC(=O)C=C(C=CCC(CS)CCCC(C)CS)CS. The predicted octanol–water partition coefficient (Wildman–Crippen LogP) is 5.27. The monoisotopic (exact) mass is 390 g/mol. The summed E-state index contributed by atoms with van der Waals surface area (Å²) < 4.78 is 5.17. The maximum absolute atomic E-state index is 11.7. The Labute approximate surface area is 165 Å². The Morgan fingerprint density at radius 3 is 2.33 bits per heavy atom. The van der Waals surface area contributed by atoms with Crippen molar-refractivity contribution in [2.75, 3.05) is 23.9 Å². The smallest absolute Gasteiger partial charge is 0.331 e. The van der Waals surface area contributed by atoms with Crippen LogP contribution in [-0.4, -0.2) is 29.8 Å². The third-order valence-corrected chi connectivity index (χ3v) is 5.23. The molecule has 140 valence electrons. The van der Waals surface area contributed by atoms with Crippen LogP contribution in [0.1, 0.15) is 46.5 Å². The molecule has 0 rings (SSSR count). The maximum Gasteiger partial charge on any atom is 0.331 e. The van der Waals surface area contributed by atoms with Gasteiger partial charge in [0.1, 0.15) is 0 Å². The molecule has 0 saturated carbocycles. The molecule has 0 aromatic heterocycles. The molecule has 0 amide bonds. The van der Waals surface area contributed by atoms with Gasteiger partial charge in [0.15, 0.2) is 0 Å². The van der Waals surface area contributed by atoms with Gasteiger partial charge >= 0.3 is 5.97 Å². The minimum atomic E-state index is -0.288. The van der Waals surface area contributed by atoms with Gasteiger partial charge in [-0.15, -0.1) is 0 Å². The fourth-order valence-corrected chi connectivity index (χ4v) is 2.84. The molecule has 0 aliphatic heterocycles. The van der Waals surface area contributed by atoms with Crippen molar-refractivity contribution >= 4 is 43.9 Å². The minimum Gasteiger partial charge on any atom is -0.462 e. The van der Waals surface area contributed by atoms with E-state index in [0.717, 1.165) is 23.5 Å². The standard InChI is InChI=1S/C19H34O2S3/c1-15(2)11-21-19(20)10-18(14-24)9-5-8-17(13-23)7-4-6-16(3)12-22/h5,9-10,15-17,22-24H,4,6-8,11-14H2,1-3H3. The van der Waals surface area contributed by atoms with Gasteiger partial charge in [-0.1, -0.05) is 39.3 Å². The fourth-order valence-electron chi connectivity index (χ4n) is 2.13. The number of carbonyl (C=O) groups is 1. The van der Waals surface area contributed by atoms with E-state index in [-0.39, 0.29) is 5.97 Å². The quantitative estimate of drug-likeness (QED) is 0.173. The average Bonchev–Trinajstić information content (AvgIpc) is 2.57. The van der Waals surface area contributed by atoms with Crippen LogP contribution in [0.4, 0.5) is 0 Å². The molecule has 2 nitrogen and oxygen atoms in total. The van der Waals surface area contributed by atoms with Crippen LogP contribution in [0.5, 0.6) is 0 Å². The molecular weight excluding hydrogens is 356 g/mol. The van der Waals surface area contributed by atoms with E-state index in [1.165, 1.54) is 25.3 Å². The lowest BCUT2D eigenvalue weighted by atomic mass is 9.96. The van der Waals surface area contributed by atoms with Gasteiger partial charge in [0, 0.05) is 11.8 Å². The Morgan fingerprint density at radius 1 is 1.08 bits per heavy atom. The van der Waals surface area contributed by atoms with Gasteiger partial charge in [0.25, 0.3) is 0 Å². The molecule has 0 saturated heterocycles. The zero-order valence-corrected chi connectivity index (χ0v) is 18.0. The molecular formula is C19H34O2S3. The van der Waals surface area contributed by atoms with Crippen LogP contribution in [-0.2, 0) is 9.53 Å². The lowest BCUT2D eigenvalue weighted by Crippen LogP contribution is -2.08. The number of hydrogen-bond acceptors (Lipinski definition) is 5. The number of allylic oxidation sites excluding steroid dienone is 2. The van der Waals surface area contributed by atoms with Crippen LogP contribution in [0.15, 0.2) is 23.8 Å². The molecule has 0 heterocycles. The van der Waals surface area contributed by atoms with Gasteiger partial charge in [-0.3, -0.25) is 0 Å². The Kier molecular flexibility index (Phi) is 15.3. The summed E-state index contributed by atoms with van der Waals surface area (Å²) >= 11 is 13.1. The fraction of sp³-hybridized carbons (Fsp3) is 0.737. The molecule has 0 spiro atoms.